The van der Waals surface area contributed by atoms with Crippen LogP contribution in [0.4, 0.5) is 0 Å². The van der Waals surface area contributed by atoms with Crippen molar-refractivity contribution in [2.45, 2.75) is 50.7 Å². The third kappa shape index (κ3) is 20.3. The molecule has 0 aromatic heterocycles. The van der Waals surface area contributed by atoms with Gasteiger partial charge in [-0.1, -0.05) is 27.7 Å². The van der Waals surface area contributed by atoms with Crippen LogP contribution in [0.5, 0.6) is 0 Å². The quantitative estimate of drug-likeness (QED) is 0.658. The van der Waals surface area contributed by atoms with E-state index in [2.05, 4.69) is 26.5 Å². The molecule has 0 spiro atoms. The van der Waals surface area contributed by atoms with E-state index in [1.54, 1.807) is 11.8 Å². The molecular weight excluding hydrogens is 230 g/mol. The molecule has 92 valence electrons. The zero-order chi connectivity index (χ0) is 12.4. The van der Waals surface area contributed by atoms with Crippen LogP contribution in [0, 0.1) is 0 Å². The molecular formula is C10H23NO2S2. The molecule has 0 aliphatic heterocycles. The van der Waals surface area contributed by atoms with Gasteiger partial charge in [0.15, 0.2) is 0 Å². The predicted molar refractivity (Wildman–Crippen MR) is 71.9 cm³/mol. The van der Waals surface area contributed by atoms with Crippen LogP contribution in [0.15, 0.2) is 0 Å². The smallest absolute Gasteiger partial charge is 0.320 e. The maximum absolute atomic E-state index is 10.2. The van der Waals surface area contributed by atoms with Crippen LogP contribution in [0.3, 0.4) is 0 Å². The van der Waals surface area contributed by atoms with Gasteiger partial charge in [0.2, 0.25) is 0 Å². The molecule has 0 aliphatic rings. The number of hydrogen-bond acceptors (Lipinski definition) is 4. The second-order valence-corrected chi connectivity index (χ2v) is 6.46. The number of nitrogens with two attached hydrogens (primary N) is 1. The summed E-state index contributed by atoms with van der Waals surface area (Å²) in [4.78, 5) is 10.2. The lowest BCUT2D eigenvalue weighted by Crippen LogP contribution is -2.30. The molecule has 0 aromatic rings. The molecule has 0 aromatic carbocycles. The highest BCUT2D eigenvalue weighted by atomic mass is 32.2. The Balaban J connectivity index is 0. The Morgan fingerprint density at radius 1 is 1.40 bits per heavy atom. The van der Waals surface area contributed by atoms with Gasteiger partial charge < -0.3 is 10.8 Å². The summed E-state index contributed by atoms with van der Waals surface area (Å²) in [6.07, 6.45) is 0.554. The molecule has 0 aliphatic carbocycles. The minimum absolute atomic E-state index is 0.528. The molecule has 0 unspecified atom stereocenters. The van der Waals surface area contributed by atoms with E-state index >= 15 is 0 Å². The molecule has 0 saturated heterocycles. The van der Waals surface area contributed by atoms with Crippen LogP contribution in [0.1, 0.15) is 34.1 Å². The SMILES string of the molecule is CC(C)S.CC(C)SCC[C@H](N)C(=O)O. The van der Waals surface area contributed by atoms with Gasteiger partial charge in [-0.25, -0.2) is 0 Å². The molecule has 0 fully saturated rings. The standard InChI is InChI=1S/C7H15NO2S.C3H8S/c1-5(2)11-4-3-6(8)7(9)10;1-3(2)4/h5-6H,3-4,8H2,1-2H3,(H,9,10);3-4H,1-2H3/t6-;/m0./s1. The molecule has 0 saturated carbocycles. The van der Waals surface area contributed by atoms with E-state index in [4.69, 9.17) is 10.8 Å². The fourth-order valence-corrected chi connectivity index (χ4v) is 1.42. The molecule has 0 rings (SSSR count). The Morgan fingerprint density at radius 2 is 1.80 bits per heavy atom. The highest BCUT2D eigenvalue weighted by molar-refractivity contribution is 7.99. The molecule has 0 radical (unpaired) electrons. The van der Waals surface area contributed by atoms with Crippen molar-refractivity contribution in [1.29, 1.82) is 0 Å². The van der Waals surface area contributed by atoms with Gasteiger partial charge in [-0.05, 0) is 22.7 Å². The third-order valence-corrected chi connectivity index (χ3v) is 2.34. The summed E-state index contributed by atoms with van der Waals surface area (Å²) < 4.78 is 0. The van der Waals surface area contributed by atoms with E-state index in [1.165, 1.54) is 0 Å². The van der Waals surface area contributed by atoms with Crippen molar-refractivity contribution in [3.63, 3.8) is 0 Å². The van der Waals surface area contributed by atoms with Crippen LogP contribution in [0.2, 0.25) is 0 Å². The first-order chi connectivity index (χ1) is 6.77. The Kier molecular flexibility index (Phi) is 12.4. The summed E-state index contributed by atoms with van der Waals surface area (Å²) in [6, 6.07) is -0.693. The van der Waals surface area contributed by atoms with Crippen molar-refractivity contribution in [3.05, 3.63) is 0 Å². The number of carboxylic acids is 1. The number of thiol groups is 1. The summed E-state index contributed by atoms with van der Waals surface area (Å²) in [5.74, 6) is -0.0835. The molecule has 3 nitrogen and oxygen atoms in total. The van der Waals surface area contributed by atoms with Gasteiger partial charge in [0, 0.05) is 0 Å². The molecule has 0 heterocycles. The second-order valence-electron chi connectivity index (χ2n) is 3.75. The van der Waals surface area contributed by atoms with E-state index in [-0.39, 0.29) is 0 Å². The van der Waals surface area contributed by atoms with Crippen molar-refractivity contribution in [1.82, 2.24) is 0 Å². The molecule has 3 N–H and O–H groups in total. The lowest BCUT2D eigenvalue weighted by Gasteiger charge is -2.07. The summed E-state index contributed by atoms with van der Waals surface area (Å²) >= 11 is 5.70. The molecule has 15 heavy (non-hydrogen) atoms. The lowest BCUT2D eigenvalue weighted by atomic mass is 10.2. The highest BCUT2D eigenvalue weighted by Gasteiger charge is 2.10. The van der Waals surface area contributed by atoms with Crippen molar-refractivity contribution < 1.29 is 9.90 Å². The van der Waals surface area contributed by atoms with Gasteiger partial charge in [-0.15, -0.1) is 0 Å². The molecule has 1 atom stereocenters. The van der Waals surface area contributed by atoms with Crippen LogP contribution >= 0.6 is 24.4 Å². The Hall–Kier alpha value is 0.130. The summed E-state index contributed by atoms with van der Waals surface area (Å²) in [5.41, 5.74) is 5.29. The van der Waals surface area contributed by atoms with Crippen molar-refractivity contribution in [3.8, 4) is 0 Å². The summed E-state index contributed by atoms with van der Waals surface area (Å²) in [5, 5.41) is 9.49. The Bertz CT molecular complexity index is 161. The number of hydrogen-bond donors (Lipinski definition) is 3. The molecule has 0 bridgehead atoms. The average molecular weight is 253 g/mol. The van der Waals surface area contributed by atoms with Gasteiger partial charge in [0.05, 0.1) is 0 Å². The largest absolute Gasteiger partial charge is 0.480 e. The molecule has 5 heteroatoms. The van der Waals surface area contributed by atoms with Crippen LogP contribution in [0.25, 0.3) is 0 Å². The van der Waals surface area contributed by atoms with E-state index in [9.17, 15) is 4.79 Å². The number of carboxylic acid groups (broad SMARTS) is 1. The normalized spacial score (nSPS) is 12.3. The lowest BCUT2D eigenvalue weighted by molar-refractivity contribution is -0.138. The van der Waals surface area contributed by atoms with Gasteiger partial charge in [0.1, 0.15) is 6.04 Å². The second kappa shape index (κ2) is 10.6. The topological polar surface area (TPSA) is 63.3 Å². The fourth-order valence-electron chi connectivity index (χ4n) is 0.554. The van der Waals surface area contributed by atoms with Crippen molar-refractivity contribution >= 4 is 30.4 Å². The van der Waals surface area contributed by atoms with Crippen LogP contribution in [-0.2, 0) is 4.79 Å². The van der Waals surface area contributed by atoms with Gasteiger partial charge in [-0.3, -0.25) is 4.79 Å². The first-order valence-electron chi connectivity index (χ1n) is 5.05. The number of thioether (sulfide) groups is 1. The van der Waals surface area contributed by atoms with E-state index in [0.717, 1.165) is 5.75 Å². The number of rotatable bonds is 5. The zero-order valence-electron chi connectivity index (χ0n) is 9.93. The number of aliphatic carboxylic acids is 1. The first kappa shape index (κ1) is 17.5. The van der Waals surface area contributed by atoms with Crippen LogP contribution < -0.4 is 5.73 Å². The van der Waals surface area contributed by atoms with Gasteiger partial charge >= 0.3 is 5.97 Å². The monoisotopic (exact) mass is 253 g/mol. The predicted octanol–water partition coefficient (Wildman–Crippen LogP) is 2.25. The highest BCUT2D eigenvalue weighted by Crippen LogP contribution is 2.10. The Morgan fingerprint density at radius 3 is 2.07 bits per heavy atom. The van der Waals surface area contributed by atoms with Crippen molar-refractivity contribution in [2.24, 2.45) is 5.73 Å². The minimum atomic E-state index is -0.908. The van der Waals surface area contributed by atoms with E-state index in [0.29, 0.717) is 16.9 Å². The van der Waals surface area contributed by atoms with Gasteiger partial charge in [-0.2, -0.15) is 24.4 Å². The first-order valence-corrected chi connectivity index (χ1v) is 6.62. The van der Waals surface area contributed by atoms with E-state index in [1.807, 2.05) is 13.8 Å². The molecule has 0 amide bonds. The zero-order valence-corrected chi connectivity index (χ0v) is 11.6. The van der Waals surface area contributed by atoms with Crippen molar-refractivity contribution in [2.75, 3.05) is 5.75 Å². The third-order valence-electron chi connectivity index (χ3n) is 1.20. The van der Waals surface area contributed by atoms with Crippen LogP contribution in [-0.4, -0.2) is 33.4 Å². The maximum Gasteiger partial charge on any atom is 0.320 e. The fraction of sp³-hybridized carbons (Fsp3) is 0.900. The number of carbonyl (C=O) groups is 1. The van der Waals surface area contributed by atoms with Gasteiger partial charge in [0.25, 0.3) is 0 Å². The summed E-state index contributed by atoms with van der Waals surface area (Å²) in [6.45, 7) is 8.22. The average Bonchev–Trinajstić information content (AvgIpc) is 2.01. The minimum Gasteiger partial charge on any atom is -0.480 e. The Labute approximate surface area is 103 Å². The van der Waals surface area contributed by atoms with E-state index < -0.39 is 12.0 Å². The summed E-state index contributed by atoms with van der Waals surface area (Å²) in [7, 11) is 0. The maximum atomic E-state index is 10.2.